The van der Waals surface area contributed by atoms with Crippen LogP contribution in [0.5, 0.6) is 11.5 Å². The molecule has 0 aromatic heterocycles. The largest absolute Gasteiger partial charge is 0.485 e. The minimum absolute atomic E-state index is 0.0404. The summed E-state index contributed by atoms with van der Waals surface area (Å²) in [6.45, 7) is 6.02. The van der Waals surface area contributed by atoms with Crippen molar-refractivity contribution in [3.8, 4) is 11.5 Å². The van der Waals surface area contributed by atoms with Gasteiger partial charge < -0.3 is 19.5 Å². The van der Waals surface area contributed by atoms with E-state index in [1.165, 1.54) is 5.56 Å². The van der Waals surface area contributed by atoms with Gasteiger partial charge >= 0.3 is 5.97 Å². The third-order valence-corrected chi connectivity index (χ3v) is 4.15. The second-order valence-corrected chi connectivity index (χ2v) is 7.35. The Kier molecular flexibility index (Phi) is 5.35. The molecule has 3 rings (SSSR count). The zero-order valence-electron chi connectivity index (χ0n) is 15.7. The number of benzene rings is 2. The van der Waals surface area contributed by atoms with Gasteiger partial charge in [0.15, 0.2) is 18.1 Å². The molecule has 1 heterocycles. The molecule has 0 unspecified atom stereocenters. The normalized spacial score (nSPS) is 15.7. The number of carbonyl (C=O) groups excluding carboxylic acids is 2. The fourth-order valence-electron chi connectivity index (χ4n) is 2.62. The summed E-state index contributed by atoms with van der Waals surface area (Å²) < 4.78 is 16.1. The zero-order valence-corrected chi connectivity index (χ0v) is 15.7. The summed E-state index contributed by atoms with van der Waals surface area (Å²) >= 11 is 0. The molecule has 0 bridgehead atoms. The summed E-state index contributed by atoms with van der Waals surface area (Å²) in [6, 6.07) is 14.7. The third-order valence-electron chi connectivity index (χ3n) is 4.15. The van der Waals surface area contributed by atoms with Crippen molar-refractivity contribution in [2.24, 2.45) is 0 Å². The van der Waals surface area contributed by atoms with E-state index < -0.39 is 18.0 Å². The highest BCUT2D eigenvalue weighted by Gasteiger charge is 2.29. The van der Waals surface area contributed by atoms with Gasteiger partial charge in [0.05, 0.1) is 0 Å². The predicted molar refractivity (Wildman–Crippen MR) is 101 cm³/mol. The first-order valence-electron chi connectivity index (χ1n) is 8.78. The van der Waals surface area contributed by atoms with Crippen LogP contribution in [-0.2, 0) is 19.7 Å². The van der Waals surface area contributed by atoms with Crippen molar-refractivity contribution in [1.29, 1.82) is 0 Å². The van der Waals surface area contributed by atoms with Crippen LogP contribution in [-0.4, -0.2) is 31.2 Å². The molecule has 0 aliphatic carbocycles. The first-order chi connectivity index (χ1) is 12.8. The number of anilines is 1. The van der Waals surface area contributed by atoms with Gasteiger partial charge in [0.1, 0.15) is 6.61 Å². The minimum atomic E-state index is -0.890. The van der Waals surface area contributed by atoms with Crippen LogP contribution in [0.2, 0.25) is 0 Å². The molecule has 0 spiro atoms. The van der Waals surface area contributed by atoms with E-state index in [1.807, 2.05) is 30.3 Å². The Morgan fingerprint density at radius 1 is 1.07 bits per heavy atom. The maximum absolute atomic E-state index is 12.1. The molecule has 1 N–H and O–H groups in total. The molecule has 2 aromatic rings. The quantitative estimate of drug-likeness (QED) is 0.837. The van der Waals surface area contributed by atoms with Crippen LogP contribution in [0.25, 0.3) is 0 Å². The van der Waals surface area contributed by atoms with Gasteiger partial charge in [-0.3, -0.25) is 4.79 Å². The maximum Gasteiger partial charge on any atom is 0.351 e. The van der Waals surface area contributed by atoms with E-state index in [1.54, 1.807) is 18.2 Å². The molecule has 142 valence electrons. The second-order valence-electron chi connectivity index (χ2n) is 7.35. The van der Waals surface area contributed by atoms with Crippen LogP contribution in [0.1, 0.15) is 26.3 Å². The lowest BCUT2D eigenvalue weighted by atomic mass is 9.87. The first kappa shape index (κ1) is 18.8. The van der Waals surface area contributed by atoms with E-state index in [0.29, 0.717) is 17.2 Å². The van der Waals surface area contributed by atoms with E-state index in [2.05, 4.69) is 26.1 Å². The lowest BCUT2D eigenvalue weighted by Gasteiger charge is -2.24. The number of nitrogens with one attached hydrogen (secondary N) is 1. The van der Waals surface area contributed by atoms with E-state index in [9.17, 15) is 9.59 Å². The molecular formula is C21H23NO5. The van der Waals surface area contributed by atoms with Gasteiger partial charge in [-0.05, 0) is 35.2 Å². The highest BCUT2D eigenvalue weighted by atomic mass is 16.6. The minimum Gasteiger partial charge on any atom is -0.485 e. The van der Waals surface area contributed by atoms with Crippen LogP contribution in [0, 0.1) is 0 Å². The Hall–Kier alpha value is -3.02. The molecular weight excluding hydrogens is 346 g/mol. The van der Waals surface area contributed by atoms with Gasteiger partial charge in [-0.15, -0.1) is 0 Å². The van der Waals surface area contributed by atoms with E-state index in [4.69, 9.17) is 14.2 Å². The van der Waals surface area contributed by atoms with Gasteiger partial charge in [0, 0.05) is 5.69 Å². The Morgan fingerprint density at radius 2 is 1.74 bits per heavy atom. The van der Waals surface area contributed by atoms with Gasteiger partial charge in [0.25, 0.3) is 5.91 Å². The monoisotopic (exact) mass is 369 g/mol. The number of para-hydroxylation sites is 2. The molecule has 0 radical (unpaired) electrons. The predicted octanol–water partition coefficient (Wildman–Crippen LogP) is 3.31. The summed E-state index contributed by atoms with van der Waals surface area (Å²) in [4.78, 5) is 24.1. The maximum atomic E-state index is 12.1. The average Bonchev–Trinajstić information content (AvgIpc) is 2.65. The summed E-state index contributed by atoms with van der Waals surface area (Å²) in [6.07, 6.45) is -0.890. The number of ether oxygens (including phenoxy) is 3. The number of fused-ring (bicyclic) bond motifs is 1. The van der Waals surface area contributed by atoms with Crippen molar-refractivity contribution in [2.45, 2.75) is 32.3 Å². The standard InChI is InChI=1S/C21H23NO5/c1-21(2,3)14-8-10-15(11-9-14)22-19(23)13-26-20(24)18-12-25-16-6-4-5-7-17(16)27-18/h4-11,18H,12-13H2,1-3H3,(H,22,23)/t18-/m0/s1. The molecule has 27 heavy (non-hydrogen) atoms. The molecule has 1 amide bonds. The van der Waals surface area contributed by atoms with Crippen molar-refractivity contribution in [3.63, 3.8) is 0 Å². The number of rotatable bonds is 4. The second kappa shape index (κ2) is 7.70. The molecule has 0 saturated heterocycles. The van der Waals surface area contributed by atoms with Crippen LogP contribution < -0.4 is 14.8 Å². The van der Waals surface area contributed by atoms with Gasteiger partial charge in [-0.25, -0.2) is 4.79 Å². The number of hydrogen-bond donors (Lipinski definition) is 1. The van der Waals surface area contributed by atoms with Gasteiger partial charge in [-0.1, -0.05) is 45.0 Å². The summed E-state index contributed by atoms with van der Waals surface area (Å²) in [5, 5.41) is 2.71. The molecule has 2 aromatic carbocycles. The zero-order chi connectivity index (χ0) is 19.4. The molecule has 6 nitrogen and oxygen atoms in total. The fraction of sp³-hybridized carbons (Fsp3) is 0.333. The Balaban J connectivity index is 1.48. The molecule has 1 aliphatic heterocycles. The van der Waals surface area contributed by atoms with Crippen LogP contribution in [0.15, 0.2) is 48.5 Å². The van der Waals surface area contributed by atoms with Crippen LogP contribution in [0.4, 0.5) is 5.69 Å². The molecule has 6 heteroatoms. The molecule has 1 aliphatic rings. The summed E-state index contributed by atoms with van der Waals surface area (Å²) in [5.41, 5.74) is 1.86. The average molecular weight is 369 g/mol. The lowest BCUT2D eigenvalue weighted by Crippen LogP contribution is -2.39. The van der Waals surface area contributed by atoms with Crippen LogP contribution >= 0.6 is 0 Å². The topological polar surface area (TPSA) is 73.9 Å². The Bertz CT molecular complexity index is 823. The fourth-order valence-corrected chi connectivity index (χ4v) is 2.62. The molecule has 0 fully saturated rings. The molecule has 1 atom stereocenters. The number of amides is 1. The van der Waals surface area contributed by atoms with Gasteiger partial charge in [0.2, 0.25) is 6.10 Å². The van der Waals surface area contributed by atoms with Crippen molar-refractivity contribution >= 4 is 17.6 Å². The van der Waals surface area contributed by atoms with Crippen molar-refractivity contribution in [3.05, 3.63) is 54.1 Å². The SMILES string of the molecule is CC(C)(C)c1ccc(NC(=O)COC(=O)[C@@H]2COc3ccccc3O2)cc1. The third kappa shape index (κ3) is 4.78. The number of esters is 1. The van der Waals surface area contributed by atoms with Crippen molar-refractivity contribution in [2.75, 3.05) is 18.5 Å². The molecule has 0 saturated carbocycles. The lowest BCUT2D eigenvalue weighted by molar-refractivity contribution is -0.156. The van der Waals surface area contributed by atoms with E-state index in [-0.39, 0.29) is 18.6 Å². The van der Waals surface area contributed by atoms with Gasteiger partial charge in [-0.2, -0.15) is 0 Å². The summed E-state index contributed by atoms with van der Waals surface area (Å²) in [7, 11) is 0. The van der Waals surface area contributed by atoms with E-state index in [0.717, 1.165) is 0 Å². The number of carbonyl (C=O) groups is 2. The van der Waals surface area contributed by atoms with Crippen molar-refractivity contribution in [1.82, 2.24) is 0 Å². The summed E-state index contributed by atoms with van der Waals surface area (Å²) in [5.74, 6) is 0.0128. The van der Waals surface area contributed by atoms with Crippen molar-refractivity contribution < 1.29 is 23.8 Å². The Labute approximate surface area is 158 Å². The number of hydrogen-bond acceptors (Lipinski definition) is 5. The van der Waals surface area contributed by atoms with Crippen LogP contribution in [0.3, 0.4) is 0 Å². The highest BCUT2D eigenvalue weighted by Crippen LogP contribution is 2.31. The smallest absolute Gasteiger partial charge is 0.351 e. The first-order valence-corrected chi connectivity index (χ1v) is 8.78. The highest BCUT2D eigenvalue weighted by molar-refractivity contribution is 5.93. The van der Waals surface area contributed by atoms with E-state index >= 15 is 0 Å². The Morgan fingerprint density at radius 3 is 2.41 bits per heavy atom.